The van der Waals surface area contributed by atoms with E-state index in [9.17, 15) is 4.79 Å². The molecule has 0 radical (unpaired) electrons. The van der Waals surface area contributed by atoms with Crippen molar-refractivity contribution >= 4 is 23.4 Å². The lowest BCUT2D eigenvalue weighted by Crippen LogP contribution is -2.22. The summed E-state index contributed by atoms with van der Waals surface area (Å²) < 4.78 is 21.3. The molecular weight excluding hydrogens is 394 g/mol. The lowest BCUT2D eigenvalue weighted by Gasteiger charge is -2.10. The van der Waals surface area contributed by atoms with Gasteiger partial charge in [0.2, 0.25) is 11.8 Å². The third-order valence-electron chi connectivity index (χ3n) is 4.01. The quantitative estimate of drug-likeness (QED) is 0.554. The number of methoxy groups -OCH3 is 3. The van der Waals surface area contributed by atoms with Gasteiger partial charge in [0, 0.05) is 17.3 Å². The number of hydrogen-bond donors (Lipinski definition) is 1. The second-order valence-electron chi connectivity index (χ2n) is 5.95. The average molecular weight is 415 g/mol. The Morgan fingerprint density at radius 1 is 0.966 bits per heavy atom. The van der Waals surface area contributed by atoms with Crippen molar-refractivity contribution in [2.75, 3.05) is 26.6 Å². The molecule has 9 heteroatoms. The second-order valence-corrected chi connectivity index (χ2v) is 7.24. The summed E-state index contributed by atoms with van der Waals surface area (Å²) in [4.78, 5) is 12.4. The van der Waals surface area contributed by atoms with Crippen molar-refractivity contribution in [2.24, 2.45) is 0 Å². The number of benzene rings is 2. The van der Waals surface area contributed by atoms with Crippen molar-refractivity contribution in [1.29, 1.82) is 0 Å². The van der Waals surface area contributed by atoms with Crippen LogP contribution in [0.4, 0.5) is 5.69 Å². The highest BCUT2D eigenvalue weighted by Crippen LogP contribution is 2.31. The number of ether oxygens (including phenoxy) is 3. The molecule has 2 aromatic carbocycles. The first-order chi connectivity index (χ1) is 14.0. The Labute approximate surface area is 172 Å². The number of anilines is 1. The van der Waals surface area contributed by atoms with Gasteiger partial charge in [-0.2, -0.15) is 0 Å². The summed E-state index contributed by atoms with van der Waals surface area (Å²) >= 11 is 1.17. The van der Waals surface area contributed by atoms with E-state index < -0.39 is 5.25 Å². The second kappa shape index (κ2) is 9.33. The minimum atomic E-state index is -0.440. The molecule has 0 unspecified atom stereocenters. The largest absolute Gasteiger partial charge is 0.497 e. The van der Waals surface area contributed by atoms with Gasteiger partial charge in [-0.1, -0.05) is 11.8 Å². The lowest BCUT2D eigenvalue weighted by atomic mass is 10.2. The van der Waals surface area contributed by atoms with E-state index in [0.717, 1.165) is 5.75 Å². The van der Waals surface area contributed by atoms with Crippen molar-refractivity contribution in [2.45, 2.75) is 17.4 Å². The molecule has 1 aromatic heterocycles. The molecule has 0 saturated heterocycles. The topological polar surface area (TPSA) is 95.7 Å². The van der Waals surface area contributed by atoms with E-state index in [2.05, 4.69) is 15.5 Å². The highest BCUT2D eigenvalue weighted by molar-refractivity contribution is 8.00. The molecule has 1 atom stereocenters. The molecule has 0 spiro atoms. The molecule has 0 bridgehead atoms. The number of nitrogens with one attached hydrogen (secondary N) is 1. The number of aromatic nitrogens is 2. The molecule has 152 valence electrons. The van der Waals surface area contributed by atoms with Gasteiger partial charge < -0.3 is 23.9 Å². The number of amides is 1. The number of rotatable bonds is 8. The Morgan fingerprint density at radius 2 is 1.59 bits per heavy atom. The van der Waals surface area contributed by atoms with Crippen LogP contribution in [0.5, 0.6) is 17.2 Å². The summed E-state index contributed by atoms with van der Waals surface area (Å²) in [5.41, 5.74) is 1.34. The van der Waals surface area contributed by atoms with E-state index in [1.807, 2.05) is 0 Å². The zero-order valence-electron chi connectivity index (χ0n) is 16.5. The summed E-state index contributed by atoms with van der Waals surface area (Å²) in [6, 6.07) is 12.4. The summed E-state index contributed by atoms with van der Waals surface area (Å²) in [6.45, 7) is 1.77. The molecule has 0 aliphatic carbocycles. The van der Waals surface area contributed by atoms with Gasteiger partial charge in [0.15, 0.2) is 0 Å². The van der Waals surface area contributed by atoms with Crippen LogP contribution in [0.25, 0.3) is 11.5 Å². The highest BCUT2D eigenvalue weighted by Gasteiger charge is 2.19. The molecule has 0 aliphatic heterocycles. The highest BCUT2D eigenvalue weighted by atomic mass is 32.2. The van der Waals surface area contributed by atoms with Crippen LogP contribution in [0.2, 0.25) is 0 Å². The standard InChI is InChI=1S/C20H21N3O5S/c1-12(18(24)21-14-5-7-15(25-2)8-6-14)29-20-23-22-19(28-20)13-9-16(26-3)11-17(10-13)27-4/h5-12H,1-4H3,(H,21,24)/t12-/m0/s1. The Bertz CT molecular complexity index is 952. The first-order valence-electron chi connectivity index (χ1n) is 8.71. The Hall–Kier alpha value is -3.20. The van der Waals surface area contributed by atoms with Gasteiger partial charge in [0.1, 0.15) is 17.2 Å². The third kappa shape index (κ3) is 5.20. The fourth-order valence-corrected chi connectivity index (χ4v) is 3.11. The van der Waals surface area contributed by atoms with Gasteiger partial charge in [0.05, 0.1) is 26.6 Å². The van der Waals surface area contributed by atoms with Gasteiger partial charge in [-0.05, 0) is 43.3 Å². The zero-order valence-corrected chi connectivity index (χ0v) is 17.3. The molecule has 8 nitrogen and oxygen atoms in total. The lowest BCUT2D eigenvalue weighted by molar-refractivity contribution is -0.115. The monoisotopic (exact) mass is 415 g/mol. The maximum Gasteiger partial charge on any atom is 0.277 e. The van der Waals surface area contributed by atoms with Crippen molar-refractivity contribution in [3.8, 4) is 28.7 Å². The predicted octanol–water partition coefficient (Wildman–Crippen LogP) is 3.88. The average Bonchev–Trinajstić information content (AvgIpc) is 3.22. The number of nitrogens with zero attached hydrogens (tertiary/aromatic N) is 2. The fourth-order valence-electron chi connectivity index (χ4n) is 2.43. The number of carbonyl (C=O) groups excluding carboxylic acids is 1. The first-order valence-corrected chi connectivity index (χ1v) is 9.59. The summed E-state index contributed by atoms with van der Waals surface area (Å²) in [6.07, 6.45) is 0. The van der Waals surface area contributed by atoms with Gasteiger partial charge in [-0.3, -0.25) is 4.79 Å². The van der Waals surface area contributed by atoms with Crippen LogP contribution in [0.1, 0.15) is 6.92 Å². The molecule has 1 N–H and O–H groups in total. The van der Waals surface area contributed by atoms with Crippen LogP contribution in [0.15, 0.2) is 52.1 Å². The molecule has 0 aliphatic rings. The Morgan fingerprint density at radius 3 is 2.17 bits per heavy atom. The maximum atomic E-state index is 12.4. The van der Waals surface area contributed by atoms with E-state index in [-0.39, 0.29) is 5.91 Å². The van der Waals surface area contributed by atoms with Gasteiger partial charge in [-0.25, -0.2) is 0 Å². The third-order valence-corrected chi connectivity index (χ3v) is 4.94. The van der Waals surface area contributed by atoms with Crippen LogP contribution in [-0.4, -0.2) is 42.7 Å². The number of carbonyl (C=O) groups is 1. The van der Waals surface area contributed by atoms with E-state index in [1.54, 1.807) is 70.7 Å². The van der Waals surface area contributed by atoms with Crippen molar-refractivity contribution in [3.05, 3.63) is 42.5 Å². The maximum absolute atomic E-state index is 12.4. The van der Waals surface area contributed by atoms with Crippen molar-refractivity contribution in [3.63, 3.8) is 0 Å². The van der Waals surface area contributed by atoms with Crippen LogP contribution in [0, 0.1) is 0 Å². The molecule has 1 amide bonds. The molecule has 1 heterocycles. The SMILES string of the molecule is COc1ccc(NC(=O)[C@H](C)Sc2nnc(-c3cc(OC)cc(OC)c3)o2)cc1. The first kappa shape index (κ1) is 20.5. The van der Waals surface area contributed by atoms with E-state index in [1.165, 1.54) is 11.8 Å². The van der Waals surface area contributed by atoms with Gasteiger partial charge in [-0.15, -0.1) is 10.2 Å². The van der Waals surface area contributed by atoms with Gasteiger partial charge >= 0.3 is 0 Å². The fraction of sp³-hybridized carbons (Fsp3) is 0.250. The van der Waals surface area contributed by atoms with Crippen molar-refractivity contribution < 1.29 is 23.4 Å². The normalized spacial score (nSPS) is 11.6. The molecule has 3 rings (SSSR count). The number of thioether (sulfide) groups is 1. The van der Waals surface area contributed by atoms with Crippen LogP contribution < -0.4 is 19.5 Å². The van der Waals surface area contributed by atoms with Crippen LogP contribution >= 0.6 is 11.8 Å². The number of hydrogen-bond acceptors (Lipinski definition) is 8. The predicted molar refractivity (Wildman–Crippen MR) is 110 cm³/mol. The van der Waals surface area contributed by atoms with E-state index in [0.29, 0.717) is 33.9 Å². The summed E-state index contributed by atoms with van der Waals surface area (Å²) in [5.74, 6) is 2.08. The molecular formula is C20H21N3O5S. The molecule has 0 saturated carbocycles. The van der Waals surface area contributed by atoms with Gasteiger partial charge in [0.25, 0.3) is 5.22 Å². The van der Waals surface area contributed by atoms with Crippen molar-refractivity contribution in [1.82, 2.24) is 10.2 Å². The Balaban J connectivity index is 1.66. The molecule has 3 aromatic rings. The van der Waals surface area contributed by atoms with Crippen LogP contribution in [0.3, 0.4) is 0 Å². The minimum absolute atomic E-state index is 0.178. The van der Waals surface area contributed by atoms with E-state index >= 15 is 0 Å². The smallest absolute Gasteiger partial charge is 0.277 e. The molecule has 29 heavy (non-hydrogen) atoms. The summed E-state index contributed by atoms with van der Waals surface area (Å²) in [5, 5.41) is 10.8. The zero-order chi connectivity index (χ0) is 20.8. The molecule has 0 fully saturated rings. The Kier molecular flexibility index (Phi) is 6.61. The summed E-state index contributed by atoms with van der Waals surface area (Å²) in [7, 11) is 4.72. The van der Waals surface area contributed by atoms with Crippen LogP contribution in [-0.2, 0) is 4.79 Å². The minimum Gasteiger partial charge on any atom is -0.497 e. The van der Waals surface area contributed by atoms with E-state index in [4.69, 9.17) is 18.6 Å².